The molecule has 8 heteroatoms. The molecule has 2 aromatic rings. The topological polar surface area (TPSA) is 52.7 Å². The number of hydrogen-bond acceptors (Lipinski definition) is 3. The molecule has 1 N–H and O–H groups in total. The maximum Gasteiger partial charge on any atom is 0.416 e. The van der Waals surface area contributed by atoms with Crippen molar-refractivity contribution in [2.75, 3.05) is 39.3 Å². The lowest BCUT2D eigenvalue weighted by Crippen LogP contribution is -2.50. The molecule has 0 saturated carbocycles. The van der Waals surface area contributed by atoms with Crippen LogP contribution >= 0.6 is 0 Å². The summed E-state index contributed by atoms with van der Waals surface area (Å²) in [4.78, 5) is 29.1. The number of carbonyl (C=O) groups is 2. The average molecular weight is 433 g/mol. The van der Waals surface area contributed by atoms with Crippen LogP contribution in [-0.2, 0) is 11.0 Å². The normalized spacial score (nSPS) is 15.4. The zero-order valence-electron chi connectivity index (χ0n) is 17.4. The Labute approximate surface area is 179 Å². The number of benzene rings is 2. The average Bonchev–Trinajstić information content (AvgIpc) is 2.78. The van der Waals surface area contributed by atoms with Gasteiger partial charge in [0.15, 0.2) is 0 Å². The molecule has 1 aliphatic heterocycles. The Hall–Kier alpha value is -2.87. The van der Waals surface area contributed by atoms with Gasteiger partial charge < -0.3 is 15.1 Å². The molecule has 31 heavy (non-hydrogen) atoms. The van der Waals surface area contributed by atoms with Crippen molar-refractivity contribution in [1.82, 2.24) is 15.1 Å². The SMILES string of the molecule is C[C@@H](CN(CC(=O)N1CCNCC1)C(=O)c1ccc(C(F)(F)F)cc1)c1ccccc1. The zero-order chi connectivity index (χ0) is 22.4. The van der Waals surface area contributed by atoms with E-state index in [2.05, 4.69) is 5.32 Å². The number of piperazine rings is 1. The summed E-state index contributed by atoms with van der Waals surface area (Å²) in [6, 6.07) is 13.7. The molecular weight excluding hydrogens is 407 g/mol. The Morgan fingerprint density at radius 2 is 1.65 bits per heavy atom. The molecule has 3 rings (SSSR count). The first kappa shape index (κ1) is 22.8. The molecule has 1 fully saturated rings. The van der Waals surface area contributed by atoms with Gasteiger partial charge in [0.2, 0.25) is 5.91 Å². The minimum absolute atomic E-state index is 0.0459. The van der Waals surface area contributed by atoms with Gasteiger partial charge in [-0.3, -0.25) is 9.59 Å². The van der Waals surface area contributed by atoms with Crippen LogP contribution in [0.1, 0.15) is 34.3 Å². The van der Waals surface area contributed by atoms with E-state index >= 15 is 0 Å². The molecular formula is C23H26F3N3O2. The van der Waals surface area contributed by atoms with E-state index in [4.69, 9.17) is 0 Å². The summed E-state index contributed by atoms with van der Waals surface area (Å²) in [5.74, 6) is -0.669. The van der Waals surface area contributed by atoms with Crippen molar-refractivity contribution in [3.05, 3.63) is 71.3 Å². The van der Waals surface area contributed by atoms with Gasteiger partial charge in [-0.15, -0.1) is 0 Å². The van der Waals surface area contributed by atoms with Crippen molar-refractivity contribution in [2.24, 2.45) is 0 Å². The Balaban J connectivity index is 1.79. The van der Waals surface area contributed by atoms with Gasteiger partial charge in [-0.25, -0.2) is 0 Å². The van der Waals surface area contributed by atoms with Crippen LogP contribution in [0.5, 0.6) is 0 Å². The third-order valence-electron chi connectivity index (χ3n) is 5.41. The summed E-state index contributed by atoms with van der Waals surface area (Å²) in [5, 5.41) is 3.18. The van der Waals surface area contributed by atoms with Gasteiger partial charge in [0.25, 0.3) is 5.91 Å². The third-order valence-corrected chi connectivity index (χ3v) is 5.41. The number of nitrogens with zero attached hydrogens (tertiary/aromatic N) is 2. The lowest BCUT2D eigenvalue weighted by atomic mass is 10.00. The largest absolute Gasteiger partial charge is 0.416 e. The highest BCUT2D eigenvalue weighted by Crippen LogP contribution is 2.29. The first-order valence-corrected chi connectivity index (χ1v) is 10.3. The molecule has 0 spiro atoms. The van der Waals surface area contributed by atoms with E-state index in [0.29, 0.717) is 26.2 Å². The Kier molecular flexibility index (Phi) is 7.33. The molecule has 0 unspecified atom stereocenters. The highest BCUT2D eigenvalue weighted by atomic mass is 19.4. The van der Waals surface area contributed by atoms with Crippen LogP contribution in [-0.4, -0.2) is 60.9 Å². The second kappa shape index (κ2) is 9.96. The van der Waals surface area contributed by atoms with Gasteiger partial charge in [-0.1, -0.05) is 37.3 Å². The minimum atomic E-state index is -4.47. The lowest BCUT2D eigenvalue weighted by molar-refractivity contribution is -0.137. The van der Waals surface area contributed by atoms with Crippen LogP contribution in [0.2, 0.25) is 0 Å². The van der Waals surface area contributed by atoms with Crippen LogP contribution in [0, 0.1) is 0 Å². The molecule has 2 amide bonds. The molecule has 166 valence electrons. The van der Waals surface area contributed by atoms with E-state index in [1.54, 1.807) is 4.90 Å². The quantitative estimate of drug-likeness (QED) is 0.760. The maximum atomic E-state index is 13.2. The van der Waals surface area contributed by atoms with E-state index < -0.39 is 17.6 Å². The van der Waals surface area contributed by atoms with Gasteiger partial charge in [0.05, 0.1) is 5.56 Å². The summed E-state index contributed by atoms with van der Waals surface area (Å²) in [6.07, 6.45) is -4.47. The Morgan fingerprint density at radius 1 is 1.03 bits per heavy atom. The van der Waals surface area contributed by atoms with E-state index in [0.717, 1.165) is 17.7 Å². The number of hydrogen-bond donors (Lipinski definition) is 1. The smallest absolute Gasteiger partial charge is 0.339 e. The van der Waals surface area contributed by atoms with Crippen LogP contribution < -0.4 is 5.32 Å². The molecule has 0 aliphatic carbocycles. The van der Waals surface area contributed by atoms with Crippen molar-refractivity contribution in [2.45, 2.75) is 19.0 Å². The molecule has 2 aromatic carbocycles. The molecule has 0 bridgehead atoms. The second-order valence-corrected chi connectivity index (χ2v) is 7.70. The van der Waals surface area contributed by atoms with Crippen LogP contribution in [0.3, 0.4) is 0 Å². The summed E-state index contributed by atoms with van der Waals surface area (Å²) < 4.78 is 38.6. The summed E-state index contributed by atoms with van der Waals surface area (Å²) in [6.45, 7) is 4.64. The highest BCUT2D eigenvalue weighted by Gasteiger charge is 2.31. The first-order valence-electron chi connectivity index (χ1n) is 10.3. The number of amides is 2. The number of rotatable bonds is 6. The predicted octanol–water partition coefficient (Wildman–Crippen LogP) is 3.38. The van der Waals surface area contributed by atoms with Crippen molar-refractivity contribution >= 4 is 11.8 Å². The summed E-state index contributed by atoms with van der Waals surface area (Å²) in [5.41, 5.74) is 0.328. The molecule has 5 nitrogen and oxygen atoms in total. The fraction of sp³-hybridized carbons (Fsp3) is 0.391. The van der Waals surface area contributed by atoms with Gasteiger partial charge in [0.1, 0.15) is 6.54 Å². The fourth-order valence-corrected chi connectivity index (χ4v) is 3.60. The standard InChI is InChI=1S/C23H26F3N3O2/c1-17(18-5-3-2-4-6-18)15-29(16-21(30)28-13-11-27-12-14-28)22(31)19-7-9-20(10-8-19)23(24,25)26/h2-10,17,27H,11-16H2,1H3/t17-/m0/s1. The second-order valence-electron chi connectivity index (χ2n) is 7.70. The molecule has 1 saturated heterocycles. The van der Waals surface area contributed by atoms with Gasteiger partial charge >= 0.3 is 6.18 Å². The molecule has 0 radical (unpaired) electrons. The van der Waals surface area contributed by atoms with Crippen LogP contribution in [0.15, 0.2) is 54.6 Å². The summed E-state index contributed by atoms with van der Waals surface area (Å²) >= 11 is 0. The summed E-state index contributed by atoms with van der Waals surface area (Å²) in [7, 11) is 0. The monoisotopic (exact) mass is 433 g/mol. The highest BCUT2D eigenvalue weighted by molar-refractivity contribution is 5.96. The molecule has 1 atom stereocenters. The van der Waals surface area contributed by atoms with Crippen molar-refractivity contribution in [1.29, 1.82) is 0 Å². The van der Waals surface area contributed by atoms with Crippen molar-refractivity contribution in [3.63, 3.8) is 0 Å². The van der Waals surface area contributed by atoms with E-state index in [1.165, 1.54) is 17.0 Å². The lowest BCUT2D eigenvalue weighted by Gasteiger charge is -2.31. The predicted molar refractivity (Wildman–Crippen MR) is 112 cm³/mol. The van der Waals surface area contributed by atoms with E-state index in [-0.39, 0.29) is 30.5 Å². The number of carbonyl (C=O) groups excluding carboxylic acids is 2. The van der Waals surface area contributed by atoms with E-state index in [1.807, 2.05) is 37.3 Å². The van der Waals surface area contributed by atoms with Crippen LogP contribution in [0.25, 0.3) is 0 Å². The fourth-order valence-electron chi connectivity index (χ4n) is 3.60. The van der Waals surface area contributed by atoms with Crippen molar-refractivity contribution < 1.29 is 22.8 Å². The minimum Gasteiger partial charge on any atom is -0.339 e. The first-order chi connectivity index (χ1) is 14.8. The molecule has 1 aliphatic rings. The third kappa shape index (κ3) is 6.07. The Bertz CT molecular complexity index is 879. The molecule has 0 aromatic heterocycles. The van der Waals surface area contributed by atoms with Crippen molar-refractivity contribution in [3.8, 4) is 0 Å². The van der Waals surface area contributed by atoms with Gasteiger partial charge in [-0.2, -0.15) is 13.2 Å². The maximum absolute atomic E-state index is 13.2. The number of nitrogens with one attached hydrogen (secondary N) is 1. The van der Waals surface area contributed by atoms with Gasteiger partial charge in [0, 0.05) is 38.3 Å². The molecule has 1 heterocycles. The zero-order valence-corrected chi connectivity index (χ0v) is 17.4. The van der Waals surface area contributed by atoms with E-state index in [9.17, 15) is 22.8 Å². The number of alkyl halides is 3. The van der Waals surface area contributed by atoms with Crippen LogP contribution in [0.4, 0.5) is 13.2 Å². The Morgan fingerprint density at radius 3 is 2.23 bits per heavy atom. The number of halogens is 3. The van der Waals surface area contributed by atoms with Gasteiger partial charge in [-0.05, 0) is 35.7 Å².